The molecule has 0 spiro atoms. The van der Waals surface area contributed by atoms with Gasteiger partial charge in [0, 0.05) is 5.56 Å². The lowest BCUT2D eigenvalue weighted by Gasteiger charge is -1.99. The molecule has 0 saturated carbocycles. The third-order valence-electron chi connectivity index (χ3n) is 2.58. The molecular formula is C14H9ClO5. The Balaban J connectivity index is 2.21. The van der Waals surface area contributed by atoms with Gasteiger partial charge in [0.2, 0.25) is 11.6 Å². The minimum Gasteiger partial charge on any atom is -0.475 e. The molecule has 1 aromatic carbocycles. The number of carboxylic acids is 1. The van der Waals surface area contributed by atoms with Crippen LogP contribution in [-0.4, -0.2) is 22.6 Å². The maximum Gasteiger partial charge on any atom is 0.372 e. The third-order valence-corrected chi connectivity index (χ3v) is 2.91. The predicted octanol–water partition coefficient (Wildman–Crippen LogP) is 2.83. The van der Waals surface area contributed by atoms with Crippen LogP contribution in [0, 0.1) is 0 Å². The van der Waals surface area contributed by atoms with Gasteiger partial charge in [0.05, 0.1) is 11.4 Å². The number of aliphatic carboxylic acids is 1. The summed E-state index contributed by atoms with van der Waals surface area (Å²) in [6.45, 7) is 0. The van der Waals surface area contributed by atoms with Crippen molar-refractivity contribution in [2.24, 2.45) is 0 Å². The molecule has 0 radical (unpaired) electrons. The fraction of sp³-hybridized carbons (Fsp3) is 0.0714. The molecule has 0 aliphatic heterocycles. The van der Waals surface area contributed by atoms with Crippen LogP contribution in [0.3, 0.4) is 0 Å². The molecule has 0 atom stereocenters. The van der Waals surface area contributed by atoms with E-state index in [2.05, 4.69) is 0 Å². The fourth-order valence-corrected chi connectivity index (χ4v) is 1.83. The smallest absolute Gasteiger partial charge is 0.372 e. The Kier molecular flexibility index (Phi) is 4.00. The van der Waals surface area contributed by atoms with E-state index in [1.165, 1.54) is 6.07 Å². The molecular weight excluding hydrogens is 284 g/mol. The molecule has 0 aliphatic carbocycles. The molecule has 6 heteroatoms. The summed E-state index contributed by atoms with van der Waals surface area (Å²) in [6.07, 6.45) is -0.731. The highest BCUT2D eigenvalue weighted by Crippen LogP contribution is 2.29. The number of ketones is 2. The van der Waals surface area contributed by atoms with Crippen LogP contribution in [-0.2, 0) is 9.59 Å². The normalized spacial score (nSPS) is 10.2. The molecule has 2 aromatic rings. The van der Waals surface area contributed by atoms with Crippen molar-refractivity contribution < 1.29 is 23.9 Å². The van der Waals surface area contributed by atoms with E-state index in [0.29, 0.717) is 16.3 Å². The second-order valence-corrected chi connectivity index (χ2v) is 4.38. The van der Waals surface area contributed by atoms with Gasteiger partial charge >= 0.3 is 5.97 Å². The van der Waals surface area contributed by atoms with Gasteiger partial charge in [-0.05, 0) is 24.3 Å². The molecule has 0 aliphatic rings. The number of halogens is 1. The van der Waals surface area contributed by atoms with Crippen LogP contribution in [0.1, 0.15) is 17.0 Å². The fourth-order valence-electron chi connectivity index (χ4n) is 1.60. The molecule has 0 fully saturated rings. The molecule has 2 rings (SSSR count). The largest absolute Gasteiger partial charge is 0.475 e. The van der Waals surface area contributed by atoms with Crippen LogP contribution in [0.4, 0.5) is 0 Å². The van der Waals surface area contributed by atoms with Gasteiger partial charge in [-0.2, -0.15) is 0 Å². The molecule has 20 heavy (non-hydrogen) atoms. The zero-order valence-electron chi connectivity index (χ0n) is 10.1. The Bertz CT molecular complexity index is 686. The van der Waals surface area contributed by atoms with Crippen molar-refractivity contribution in [2.75, 3.05) is 0 Å². The maximum absolute atomic E-state index is 11.7. The quantitative estimate of drug-likeness (QED) is 0.520. The van der Waals surface area contributed by atoms with Crippen LogP contribution in [0.15, 0.2) is 40.8 Å². The lowest BCUT2D eigenvalue weighted by molar-refractivity contribution is -0.148. The van der Waals surface area contributed by atoms with Crippen LogP contribution in [0.25, 0.3) is 11.3 Å². The average molecular weight is 293 g/mol. The van der Waals surface area contributed by atoms with Crippen LogP contribution >= 0.6 is 11.6 Å². The van der Waals surface area contributed by atoms with E-state index in [9.17, 15) is 14.4 Å². The molecule has 102 valence electrons. The topological polar surface area (TPSA) is 84.6 Å². The van der Waals surface area contributed by atoms with E-state index in [0.717, 1.165) is 0 Å². The van der Waals surface area contributed by atoms with Gasteiger partial charge in [-0.3, -0.25) is 9.59 Å². The van der Waals surface area contributed by atoms with Gasteiger partial charge in [0.1, 0.15) is 5.76 Å². The maximum atomic E-state index is 11.7. The van der Waals surface area contributed by atoms with Gasteiger partial charge in [-0.1, -0.05) is 23.7 Å². The lowest BCUT2D eigenvalue weighted by Crippen LogP contribution is -2.16. The molecule has 0 amide bonds. The molecule has 0 bridgehead atoms. The number of carbonyl (C=O) groups is 3. The molecule has 0 saturated heterocycles. The second-order valence-electron chi connectivity index (χ2n) is 3.97. The average Bonchev–Trinajstić information content (AvgIpc) is 2.88. The number of Topliss-reactive ketones (excluding diaryl/α,β-unsaturated/α-hetero) is 2. The zero-order chi connectivity index (χ0) is 14.7. The first-order valence-electron chi connectivity index (χ1n) is 5.63. The molecule has 1 aromatic heterocycles. The Hall–Kier alpha value is -2.40. The van der Waals surface area contributed by atoms with Gasteiger partial charge < -0.3 is 9.52 Å². The van der Waals surface area contributed by atoms with Crippen LogP contribution < -0.4 is 0 Å². The van der Waals surface area contributed by atoms with E-state index >= 15 is 0 Å². The summed E-state index contributed by atoms with van der Waals surface area (Å²) < 4.78 is 5.31. The van der Waals surface area contributed by atoms with E-state index < -0.39 is 24.0 Å². The minimum absolute atomic E-state index is 0.0745. The molecule has 5 nitrogen and oxygen atoms in total. The van der Waals surface area contributed by atoms with E-state index in [-0.39, 0.29) is 5.76 Å². The monoisotopic (exact) mass is 292 g/mol. The highest BCUT2D eigenvalue weighted by molar-refractivity contribution is 6.37. The number of hydrogen-bond acceptors (Lipinski definition) is 4. The summed E-state index contributed by atoms with van der Waals surface area (Å²) in [5.74, 6) is -3.20. The number of carboxylic acid groups (broad SMARTS) is 1. The van der Waals surface area contributed by atoms with Gasteiger partial charge in [-0.15, -0.1) is 0 Å². The zero-order valence-corrected chi connectivity index (χ0v) is 10.9. The van der Waals surface area contributed by atoms with Crippen molar-refractivity contribution in [3.63, 3.8) is 0 Å². The number of hydrogen-bond donors (Lipinski definition) is 1. The van der Waals surface area contributed by atoms with Gasteiger partial charge in [0.25, 0.3) is 0 Å². The van der Waals surface area contributed by atoms with Crippen LogP contribution in [0.2, 0.25) is 5.02 Å². The summed E-state index contributed by atoms with van der Waals surface area (Å²) in [5.41, 5.74) is 0.609. The number of benzene rings is 1. The van der Waals surface area contributed by atoms with E-state index in [1.54, 1.807) is 30.3 Å². The Morgan fingerprint density at radius 2 is 1.80 bits per heavy atom. The highest BCUT2D eigenvalue weighted by atomic mass is 35.5. The van der Waals surface area contributed by atoms with Crippen molar-refractivity contribution >= 4 is 29.1 Å². The summed E-state index contributed by atoms with van der Waals surface area (Å²) in [4.78, 5) is 33.0. The molecule has 1 N–H and O–H groups in total. The Morgan fingerprint density at radius 3 is 2.45 bits per heavy atom. The Labute approximate surface area is 118 Å². The minimum atomic E-state index is -1.64. The second kappa shape index (κ2) is 5.71. The molecule has 1 heterocycles. The number of furan rings is 1. The first kappa shape index (κ1) is 14.0. The lowest BCUT2D eigenvalue weighted by atomic mass is 10.1. The van der Waals surface area contributed by atoms with E-state index in [1.807, 2.05) is 0 Å². The van der Waals surface area contributed by atoms with E-state index in [4.69, 9.17) is 21.1 Å². The summed E-state index contributed by atoms with van der Waals surface area (Å²) >= 11 is 6.00. The van der Waals surface area contributed by atoms with Gasteiger partial charge in [-0.25, -0.2) is 4.79 Å². The highest BCUT2D eigenvalue weighted by Gasteiger charge is 2.20. The Morgan fingerprint density at radius 1 is 1.10 bits per heavy atom. The molecule has 0 unspecified atom stereocenters. The summed E-state index contributed by atoms with van der Waals surface area (Å²) in [5, 5.41) is 8.91. The predicted molar refractivity (Wildman–Crippen MR) is 70.7 cm³/mol. The SMILES string of the molecule is O=C(O)C(=O)CC(=O)c1ccc(-c2ccccc2Cl)o1. The van der Waals surface area contributed by atoms with Crippen molar-refractivity contribution in [2.45, 2.75) is 6.42 Å². The van der Waals surface area contributed by atoms with Gasteiger partial charge in [0.15, 0.2) is 5.76 Å². The number of carbonyl (C=O) groups excluding carboxylic acids is 2. The van der Waals surface area contributed by atoms with Crippen LogP contribution in [0.5, 0.6) is 0 Å². The van der Waals surface area contributed by atoms with Crippen molar-refractivity contribution in [1.82, 2.24) is 0 Å². The van der Waals surface area contributed by atoms with Crippen molar-refractivity contribution in [3.8, 4) is 11.3 Å². The standard InChI is InChI=1S/C14H9ClO5/c15-9-4-2-1-3-8(9)12-5-6-13(20-12)10(16)7-11(17)14(18)19/h1-6H,7H2,(H,18,19). The first-order chi connectivity index (χ1) is 9.49. The van der Waals surface area contributed by atoms with Crippen molar-refractivity contribution in [1.29, 1.82) is 0 Å². The van der Waals surface area contributed by atoms with Crippen molar-refractivity contribution in [3.05, 3.63) is 47.2 Å². The third kappa shape index (κ3) is 2.95. The number of rotatable bonds is 5. The first-order valence-corrected chi connectivity index (χ1v) is 6.01. The summed E-state index contributed by atoms with van der Waals surface area (Å²) in [6, 6.07) is 9.84. The summed E-state index contributed by atoms with van der Waals surface area (Å²) in [7, 11) is 0.